The van der Waals surface area contributed by atoms with Crippen LogP contribution < -0.4 is 10.1 Å². The Hall–Kier alpha value is -3.38. The largest absolute Gasteiger partial charge is 0.496 e. The van der Waals surface area contributed by atoms with Crippen molar-refractivity contribution in [2.45, 2.75) is 26.8 Å². The maximum Gasteiger partial charge on any atom is 0.270 e. The van der Waals surface area contributed by atoms with Gasteiger partial charge in [-0.3, -0.25) is 4.79 Å². The lowest BCUT2D eigenvalue weighted by molar-refractivity contribution is 0.0923. The van der Waals surface area contributed by atoms with Crippen LogP contribution in [0.15, 0.2) is 60.7 Å². The van der Waals surface area contributed by atoms with Crippen LogP contribution in [0.25, 0.3) is 28.2 Å². The summed E-state index contributed by atoms with van der Waals surface area (Å²) in [6, 6.07) is 18.7. The molecule has 4 rings (SSSR count). The maximum atomic E-state index is 13.3. The van der Waals surface area contributed by atoms with E-state index in [2.05, 4.69) is 24.3 Å². The average molecular weight is 449 g/mol. The molecule has 4 aromatic rings. The van der Waals surface area contributed by atoms with Gasteiger partial charge in [-0.1, -0.05) is 49.7 Å². The fraction of sp³-hybridized carbons (Fsp3) is 0.240. The molecule has 0 bridgehead atoms. The number of hydrogen-bond donors (Lipinski definition) is 1. The summed E-state index contributed by atoms with van der Waals surface area (Å²) < 4.78 is 7.11. The van der Waals surface area contributed by atoms with E-state index in [4.69, 9.17) is 21.3 Å². The van der Waals surface area contributed by atoms with Crippen molar-refractivity contribution in [3.05, 3.63) is 71.4 Å². The van der Waals surface area contributed by atoms with Crippen molar-refractivity contribution in [2.24, 2.45) is 5.92 Å². The molecule has 0 aliphatic heterocycles. The summed E-state index contributed by atoms with van der Waals surface area (Å²) >= 11 is 6.03. The van der Waals surface area contributed by atoms with Crippen molar-refractivity contribution in [1.29, 1.82) is 0 Å². The Bertz CT molecular complexity index is 1260. The molecule has 2 aromatic carbocycles. The highest BCUT2D eigenvalue weighted by Gasteiger charge is 2.20. The van der Waals surface area contributed by atoms with Gasteiger partial charge in [-0.15, -0.1) is 0 Å². The van der Waals surface area contributed by atoms with Gasteiger partial charge < -0.3 is 10.1 Å². The van der Waals surface area contributed by atoms with E-state index in [0.29, 0.717) is 39.4 Å². The van der Waals surface area contributed by atoms with Gasteiger partial charge in [0.1, 0.15) is 11.4 Å². The predicted octanol–water partition coefficient (Wildman–Crippen LogP) is 5.50. The summed E-state index contributed by atoms with van der Waals surface area (Å²) in [6.45, 7) is 6.13. The Morgan fingerprint density at radius 3 is 2.44 bits per heavy atom. The van der Waals surface area contributed by atoms with Gasteiger partial charge >= 0.3 is 0 Å². The molecule has 2 heterocycles. The number of carbonyl (C=O) groups is 1. The minimum absolute atomic E-state index is 0.00623. The minimum atomic E-state index is -0.208. The van der Waals surface area contributed by atoms with Gasteiger partial charge in [-0.25, -0.2) is 9.50 Å². The Morgan fingerprint density at radius 2 is 1.75 bits per heavy atom. The second kappa shape index (κ2) is 9.01. The van der Waals surface area contributed by atoms with Gasteiger partial charge in [0, 0.05) is 28.3 Å². The number of nitrogens with one attached hydrogen (secondary N) is 1. The van der Waals surface area contributed by atoms with E-state index >= 15 is 0 Å². The van der Waals surface area contributed by atoms with Crippen molar-refractivity contribution in [3.63, 3.8) is 0 Å². The number of carbonyl (C=O) groups excluding carboxylic acids is 1. The van der Waals surface area contributed by atoms with Gasteiger partial charge in [-0.05, 0) is 43.2 Å². The topological polar surface area (TPSA) is 68.5 Å². The van der Waals surface area contributed by atoms with E-state index in [1.54, 1.807) is 17.7 Å². The molecule has 6 nitrogen and oxygen atoms in total. The number of benzene rings is 2. The molecule has 0 unspecified atom stereocenters. The first-order valence-corrected chi connectivity index (χ1v) is 10.9. The molecule has 1 atom stereocenters. The lowest BCUT2D eigenvalue weighted by atomic mass is 10.1. The van der Waals surface area contributed by atoms with Crippen LogP contribution in [-0.4, -0.2) is 33.7 Å². The molecule has 32 heavy (non-hydrogen) atoms. The molecule has 164 valence electrons. The first-order valence-electron chi connectivity index (χ1n) is 10.5. The lowest BCUT2D eigenvalue weighted by Crippen LogP contribution is -2.37. The molecule has 1 N–H and O–H groups in total. The van der Waals surface area contributed by atoms with Crippen molar-refractivity contribution in [3.8, 4) is 28.3 Å². The van der Waals surface area contributed by atoms with Crippen molar-refractivity contribution >= 4 is 23.2 Å². The quantitative estimate of drug-likeness (QED) is 0.423. The number of rotatable bonds is 6. The van der Waals surface area contributed by atoms with Gasteiger partial charge in [0.2, 0.25) is 0 Å². The summed E-state index contributed by atoms with van der Waals surface area (Å²) in [7, 11) is 1.62. The van der Waals surface area contributed by atoms with E-state index < -0.39 is 0 Å². The van der Waals surface area contributed by atoms with Crippen LogP contribution in [0.5, 0.6) is 5.75 Å². The molecule has 1 amide bonds. The molecule has 0 spiro atoms. The third kappa shape index (κ3) is 4.32. The monoisotopic (exact) mass is 448 g/mol. The average Bonchev–Trinajstić information content (AvgIpc) is 3.22. The summed E-state index contributed by atoms with van der Waals surface area (Å²) in [5, 5.41) is 8.41. The molecule has 0 aliphatic rings. The number of para-hydroxylation sites is 1. The molecule has 0 fully saturated rings. The number of ether oxygens (including phenoxy) is 1. The van der Waals surface area contributed by atoms with Crippen LogP contribution in [-0.2, 0) is 0 Å². The number of hydrogen-bond acceptors (Lipinski definition) is 4. The normalized spacial score (nSPS) is 12.2. The van der Waals surface area contributed by atoms with E-state index in [9.17, 15) is 4.79 Å². The molecular weight excluding hydrogens is 424 g/mol. The number of fused-ring (bicyclic) bond motifs is 1. The van der Waals surface area contributed by atoms with Gasteiger partial charge in [0.25, 0.3) is 5.91 Å². The van der Waals surface area contributed by atoms with Crippen LogP contribution in [0.2, 0.25) is 5.02 Å². The number of methoxy groups -OCH3 is 1. The SMILES string of the molecule is COc1ccccc1-c1cc(C(=O)N[C@@H](C)C(C)C)n2nc(-c3ccc(Cl)cc3)cc2n1. The van der Waals surface area contributed by atoms with E-state index in [1.165, 1.54) is 0 Å². The van der Waals surface area contributed by atoms with E-state index in [0.717, 1.165) is 11.1 Å². The first-order chi connectivity index (χ1) is 15.4. The Kier molecular flexibility index (Phi) is 6.15. The molecule has 0 saturated carbocycles. The fourth-order valence-corrected chi connectivity index (χ4v) is 3.47. The third-order valence-electron chi connectivity index (χ3n) is 5.54. The number of halogens is 1. The van der Waals surface area contributed by atoms with Crippen LogP contribution in [0.1, 0.15) is 31.3 Å². The molecule has 0 saturated heterocycles. The van der Waals surface area contributed by atoms with E-state index in [1.807, 2.05) is 61.5 Å². The van der Waals surface area contributed by atoms with Crippen molar-refractivity contribution in [2.75, 3.05) is 7.11 Å². The van der Waals surface area contributed by atoms with Crippen LogP contribution in [0.4, 0.5) is 0 Å². The van der Waals surface area contributed by atoms with Crippen molar-refractivity contribution in [1.82, 2.24) is 19.9 Å². The summed E-state index contributed by atoms with van der Waals surface area (Å²) in [5.74, 6) is 0.774. The fourth-order valence-electron chi connectivity index (χ4n) is 3.34. The molecule has 2 aromatic heterocycles. The summed E-state index contributed by atoms with van der Waals surface area (Å²) in [6.07, 6.45) is 0. The first kappa shape index (κ1) is 21.8. The lowest BCUT2D eigenvalue weighted by Gasteiger charge is -2.18. The minimum Gasteiger partial charge on any atom is -0.496 e. The maximum absolute atomic E-state index is 13.3. The van der Waals surface area contributed by atoms with Crippen molar-refractivity contribution < 1.29 is 9.53 Å². The van der Waals surface area contributed by atoms with Crippen LogP contribution in [0, 0.1) is 5.92 Å². The molecule has 7 heteroatoms. The Balaban J connectivity index is 1.89. The number of aromatic nitrogens is 3. The molecule has 0 radical (unpaired) electrons. The predicted molar refractivity (Wildman–Crippen MR) is 127 cm³/mol. The second-order valence-electron chi connectivity index (χ2n) is 8.04. The third-order valence-corrected chi connectivity index (χ3v) is 5.79. The second-order valence-corrected chi connectivity index (χ2v) is 8.48. The standard InChI is InChI=1S/C25H25ClN4O2/c1-15(2)16(3)27-25(31)22-13-21(19-7-5-6-8-23(19)32-4)28-24-14-20(29-30(22)24)17-9-11-18(26)12-10-17/h5-16H,1-4H3,(H,27,31)/t16-/m0/s1. The van der Waals surface area contributed by atoms with Crippen LogP contribution >= 0.6 is 11.6 Å². The Morgan fingerprint density at radius 1 is 1.03 bits per heavy atom. The van der Waals surface area contributed by atoms with E-state index in [-0.39, 0.29) is 11.9 Å². The summed E-state index contributed by atoms with van der Waals surface area (Å²) in [5.41, 5.74) is 4.01. The molecule has 0 aliphatic carbocycles. The van der Waals surface area contributed by atoms with Gasteiger partial charge in [0.05, 0.1) is 18.5 Å². The highest BCUT2D eigenvalue weighted by Crippen LogP contribution is 2.30. The highest BCUT2D eigenvalue weighted by atomic mass is 35.5. The highest BCUT2D eigenvalue weighted by molar-refractivity contribution is 6.30. The zero-order valence-electron chi connectivity index (χ0n) is 18.5. The molecular formula is C25H25ClN4O2. The Labute approximate surface area is 192 Å². The number of amides is 1. The zero-order chi connectivity index (χ0) is 22.8. The van der Waals surface area contributed by atoms with Gasteiger partial charge in [-0.2, -0.15) is 5.10 Å². The summed E-state index contributed by atoms with van der Waals surface area (Å²) in [4.78, 5) is 18.0. The van der Waals surface area contributed by atoms with Crippen LogP contribution in [0.3, 0.4) is 0 Å². The van der Waals surface area contributed by atoms with Gasteiger partial charge in [0.15, 0.2) is 5.65 Å². The smallest absolute Gasteiger partial charge is 0.270 e. The number of nitrogens with zero attached hydrogens (tertiary/aromatic N) is 3. The zero-order valence-corrected chi connectivity index (χ0v) is 19.2.